The van der Waals surface area contributed by atoms with Gasteiger partial charge in [0.05, 0.1) is 6.61 Å². The van der Waals surface area contributed by atoms with Crippen molar-refractivity contribution in [2.45, 2.75) is 13.8 Å². The first-order valence-corrected chi connectivity index (χ1v) is 5.18. The van der Waals surface area contributed by atoms with Crippen LogP contribution in [0.5, 0.6) is 5.75 Å². The molecule has 0 atom stereocenters. The average Bonchev–Trinajstić information content (AvgIpc) is 2.27. The largest absolute Gasteiger partial charge is 0.482 e. The lowest BCUT2D eigenvalue weighted by molar-refractivity contribution is -0.145. The molecule has 0 saturated carbocycles. The number of rotatable bonds is 5. The van der Waals surface area contributed by atoms with Crippen molar-refractivity contribution in [2.75, 3.05) is 13.2 Å². The Hall–Kier alpha value is -1.77. The highest BCUT2D eigenvalue weighted by molar-refractivity contribution is 5.71. The summed E-state index contributed by atoms with van der Waals surface area (Å²) in [4.78, 5) is 11.0. The van der Waals surface area contributed by atoms with Crippen molar-refractivity contribution >= 4 is 11.5 Å². The van der Waals surface area contributed by atoms with Crippen LogP contribution in [-0.4, -0.2) is 19.2 Å². The van der Waals surface area contributed by atoms with E-state index >= 15 is 0 Å². The van der Waals surface area contributed by atoms with Gasteiger partial charge in [0.2, 0.25) is 0 Å². The Labute approximate surface area is 95.7 Å². The highest BCUT2D eigenvalue weighted by Crippen LogP contribution is 2.16. The van der Waals surface area contributed by atoms with E-state index in [1.165, 1.54) is 0 Å². The molecule has 0 saturated heterocycles. The quantitative estimate of drug-likeness (QED) is 0.716. The zero-order valence-corrected chi connectivity index (χ0v) is 9.66. The third-order valence-corrected chi connectivity index (χ3v) is 2.01. The van der Waals surface area contributed by atoms with Gasteiger partial charge in [0, 0.05) is 0 Å². The zero-order valence-electron chi connectivity index (χ0n) is 9.66. The first-order chi connectivity index (χ1) is 7.63. The van der Waals surface area contributed by atoms with Crippen LogP contribution < -0.4 is 4.74 Å². The molecule has 0 spiro atoms. The molecule has 0 bridgehead atoms. The number of hydrogen-bond donors (Lipinski definition) is 0. The van der Waals surface area contributed by atoms with Crippen molar-refractivity contribution in [1.82, 2.24) is 0 Å². The molecule has 1 aromatic carbocycles. The van der Waals surface area contributed by atoms with E-state index in [4.69, 9.17) is 9.47 Å². The van der Waals surface area contributed by atoms with Gasteiger partial charge in [-0.1, -0.05) is 24.3 Å². The maximum atomic E-state index is 11.0. The van der Waals surface area contributed by atoms with Gasteiger partial charge in [-0.3, -0.25) is 0 Å². The molecular formula is C13H16O3. The molecule has 0 aliphatic heterocycles. The Morgan fingerprint density at radius 2 is 1.94 bits per heavy atom. The lowest BCUT2D eigenvalue weighted by Gasteiger charge is -2.06. The Morgan fingerprint density at radius 3 is 2.44 bits per heavy atom. The van der Waals surface area contributed by atoms with E-state index < -0.39 is 0 Å². The molecule has 0 N–H and O–H groups in total. The predicted molar refractivity (Wildman–Crippen MR) is 63.3 cm³/mol. The molecule has 86 valence electrons. The summed E-state index contributed by atoms with van der Waals surface area (Å²) in [5, 5.41) is 0. The Kier molecular flexibility index (Phi) is 4.58. The first kappa shape index (κ1) is 12.3. The van der Waals surface area contributed by atoms with E-state index in [9.17, 15) is 4.79 Å². The summed E-state index contributed by atoms with van der Waals surface area (Å²) in [5.41, 5.74) is 2.06. The van der Waals surface area contributed by atoms with Crippen LogP contribution in [-0.2, 0) is 9.53 Å². The Morgan fingerprint density at radius 1 is 1.31 bits per heavy atom. The molecule has 0 heterocycles. The third-order valence-electron chi connectivity index (χ3n) is 2.01. The number of esters is 1. The van der Waals surface area contributed by atoms with Crippen molar-refractivity contribution in [3.63, 3.8) is 0 Å². The Balaban J connectivity index is 2.49. The predicted octanol–water partition coefficient (Wildman–Crippen LogP) is 2.66. The molecule has 1 aromatic rings. The number of allylic oxidation sites excluding steroid dienone is 1. The highest BCUT2D eigenvalue weighted by atomic mass is 16.6. The van der Waals surface area contributed by atoms with Crippen molar-refractivity contribution in [3.8, 4) is 5.75 Å². The van der Waals surface area contributed by atoms with Gasteiger partial charge in [-0.15, -0.1) is 0 Å². The highest BCUT2D eigenvalue weighted by Gasteiger charge is 2.02. The fourth-order valence-corrected chi connectivity index (χ4v) is 1.18. The normalized spacial score (nSPS) is 9.62. The van der Waals surface area contributed by atoms with E-state index in [1.807, 2.05) is 31.2 Å². The van der Waals surface area contributed by atoms with E-state index in [0.717, 1.165) is 11.1 Å². The van der Waals surface area contributed by atoms with Crippen molar-refractivity contribution in [2.24, 2.45) is 0 Å². The first-order valence-electron chi connectivity index (χ1n) is 5.18. The van der Waals surface area contributed by atoms with Gasteiger partial charge in [0.15, 0.2) is 6.61 Å². The summed E-state index contributed by atoms with van der Waals surface area (Å²) < 4.78 is 10.00. The van der Waals surface area contributed by atoms with Crippen LogP contribution in [0.15, 0.2) is 30.8 Å². The summed E-state index contributed by atoms with van der Waals surface area (Å²) in [7, 11) is 0. The van der Waals surface area contributed by atoms with Crippen molar-refractivity contribution in [1.29, 1.82) is 0 Å². The minimum Gasteiger partial charge on any atom is -0.482 e. The summed E-state index contributed by atoms with van der Waals surface area (Å²) in [6, 6.07) is 7.43. The summed E-state index contributed by atoms with van der Waals surface area (Å²) >= 11 is 0. The molecule has 1 rings (SSSR count). The SMILES string of the molecule is C=C(C)c1ccc(OCC(=O)OCC)cc1. The molecule has 0 aromatic heterocycles. The molecular weight excluding hydrogens is 204 g/mol. The van der Waals surface area contributed by atoms with Crippen molar-refractivity contribution < 1.29 is 14.3 Å². The van der Waals surface area contributed by atoms with E-state index in [0.29, 0.717) is 12.4 Å². The van der Waals surface area contributed by atoms with Gasteiger partial charge in [-0.05, 0) is 31.5 Å². The molecule has 0 aliphatic carbocycles. The van der Waals surface area contributed by atoms with Crippen LogP contribution in [0.1, 0.15) is 19.4 Å². The molecule has 0 fully saturated rings. The minimum atomic E-state index is -0.355. The van der Waals surface area contributed by atoms with Gasteiger partial charge in [0.25, 0.3) is 0 Å². The van der Waals surface area contributed by atoms with Gasteiger partial charge >= 0.3 is 5.97 Å². The van der Waals surface area contributed by atoms with Crippen LogP contribution in [0.3, 0.4) is 0 Å². The fraction of sp³-hybridized carbons (Fsp3) is 0.308. The molecule has 0 amide bonds. The molecule has 16 heavy (non-hydrogen) atoms. The van der Waals surface area contributed by atoms with Gasteiger partial charge in [0.1, 0.15) is 5.75 Å². The third kappa shape index (κ3) is 3.77. The molecule has 0 unspecified atom stereocenters. The standard InChI is InChI=1S/C13H16O3/c1-4-15-13(14)9-16-12-7-5-11(6-8-12)10(2)3/h5-8H,2,4,9H2,1,3H3. The number of benzene rings is 1. The van der Waals surface area contributed by atoms with E-state index in [1.54, 1.807) is 6.92 Å². The second kappa shape index (κ2) is 5.95. The topological polar surface area (TPSA) is 35.5 Å². The lowest BCUT2D eigenvalue weighted by Crippen LogP contribution is -2.14. The molecule has 0 radical (unpaired) electrons. The fourth-order valence-electron chi connectivity index (χ4n) is 1.18. The average molecular weight is 220 g/mol. The summed E-state index contributed by atoms with van der Waals surface area (Å²) in [6.07, 6.45) is 0. The van der Waals surface area contributed by atoms with Crippen LogP contribution in [0, 0.1) is 0 Å². The van der Waals surface area contributed by atoms with Crippen LogP contribution in [0.4, 0.5) is 0 Å². The minimum absolute atomic E-state index is 0.0553. The smallest absolute Gasteiger partial charge is 0.344 e. The van der Waals surface area contributed by atoms with Crippen LogP contribution >= 0.6 is 0 Å². The summed E-state index contributed by atoms with van der Waals surface area (Å²) in [5.74, 6) is 0.296. The second-order valence-corrected chi connectivity index (χ2v) is 3.40. The zero-order chi connectivity index (χ0) is 12.0. The van der Waals surface area contributed by atoms with Crippen LogP contribution in [0.2, 0.25) is 0 Å². The maximum Gasteiger partial charge on any atom is 0.344 e. The molecule has 3 heteroatoms. The number of ether oxygens (including phenoxy) is 2. The van der Waals surface area contributed by atoms with Gasteiger partial charge < -0.3 is 9.47 Å². The van der Waals surface area contributed by atoms with E-state index in [2.05, 4.69) is 6.58 Å². The molecule has 3 nitrogen and oxygen atoms in total. The molecule has 0 aliphatic rings. The van der Waals surface area contributed by atoms with Crippen molar-refractivity contribution in [3.05, 3.63) is 36.4 Å². The Bertz CT molecular complexity index is 365. The van der Waals surface area contributed by atoms with E-state index in [-0.39, 0.29) is 12.6 Å². The maximum absolute atomic E-state index is 11.0. The second-order valence-electron chi connectivity index (χ2n) is 3.40. The monoisotopic (exact) mass is 220 g/mol. The van der Waals surface area contributed by atoms with Crippen LogP contribution in [0.25, 0.3) is 5.57 Å². The number of hydrogen-bond acceptors (Lipinski definition) is 3. The van der Waals surface area contributed by atoms with Gasteiger partial charge in [-0.2, -0.15) is 0 Å². The number of carbonyl (C=O) groups excluding carboxylic acids is 1. The number of carbonyl (C=O) groups is 1. The summed E-state index contributed by atoms with van der Waals surface area (Å²) in [6.45, 7) is 7.86. The lowest BCUT2D eigenvalue weighted by atomic mass is 10.1. The van der Waals surface area contributed by atoms with Gasteiger partial charge in [-0.25, -0.2) is 4.79 Å².